The van der Waals surface area contributed by atoms with Crippen LogP contribution in [0.1, 0.15) is 25.5 Å². The van der Waals surface area contributed by atoms with Gasteiger partial charge in [0.1, 0.15) is 5.57 Å². The predicted molar refractivity (Wildman–Crippen MR) is 91.2 cm³/mol. The minimum atomic E-state index is -0.619. The monoisotopic (exact) mass is 325 g/mol. The lowest BCUT2D eigenvalue weighted by Gasteiger charge is -2.28. The molecular weight excluding hydrogens is 306 g/mol. The zero-order valence-electron chi connectivity index (χ0n) is 14.1. The summed E-state index contributed by atoms with van der Waals surface area (Å²) in [6, 6.07) is 7.45. The maximum Gasteiger partial charge on any atom is 0.333 e. The van der Waals surface area contributed by atoms with Crippen LogP contribution in [0.2, 0.25) is 0 Å². The molecule has 2 heterocycles. The highest BCUT2D eigenvalue weighted by Crippen LogP contribution is 2.27. The number of aromatic nitrogens is 1. The quantitative estimate of drug-likeness (QED) is 0.630. The zero-order chi connectivity index (χ0) is 17.6. The SMILES string of the molecule is CC(C)n1cc(C=C2C(=O)N(C)C(=O)N(C)C2=O)c2ccccc21. The third kappa shape index (κ3) is 2.31. The minimum absolute atomic E-state index is 0.00809. The largest absolute Gasteiger partial charge is 0.344 e. The van der Waals surface area contributed by atoms with Gasteiger partial charge < -0.3 is 4.57 Å². The third-order valence-corrected chi connectivity index (χ3v) is 4.27. The van der Waals surface area contributed by atoms with E-state index in [1.165, 1.54) is 14.1 Å². The van der Waals surface area contributed by atoms with Gasteiger partial charge >= 0.3 is 6.03 Å². The highest BCUT2D eigenvalue weighted by Gasteiger charge is 2.37. The van der Waals surface area contributed by atoms with E-state index in [0.717, 1.165) is 26.3 Å². The summed E-state index contributed by atoms with van der Waals surface area (Å²) in [5, 5.41) is 0.960. The molecule has 1 saturated heterocycles. The van der Waals surface area contributed by atoms with Gasteiger partial charge in [0, 0.05) is 42.8 Å². The Balaban J connectivity index is 2.18. The summed E-state index contributed by atoms with van der Waals surface area (Å²) in [6.45, 7) is 4.14. The molecule has 4 amide bonds. The molecule has 0 bridgehead atoms. The average molecular weight is 325 g/mol. The first-order valence-corrected chi connectivity index (χ1v) is 7.74. The number of para-hydroxylation sites is 1. The van der Waals surface area contributed by atoms with Crippen LogP contribution in [0.4, 0.5) is 4.79 Å². The number of nitrogens with zero attached hydrogens (tertiary/aromatic N) is 3. The molecule has 0 radical (unpaired) electrons. The molecule has 0 saturated carbocycles. The van der Waals surface area contributed by atoms with Crippen molar-refractivity contribution < 1.29 is 14.4 Å². The van der Waals surface area contributed by atoms with Gasteiger partial charge in [0.15, 0.2) is 0 Å². The second-order valence-corrected chi connectivity index (χ2v) is 6.17. The van der Waals surface area contributed by atoms with Crippen molar-refractivity contribution in [3.8, 4) is 0 Å². The Bertz CT molecular complexity index is 866. The molecule has 1 aliphatic heterocycles. The van der Waals surface area contributed by atoms with E-state index in [2.05, 4.69) is 18.4 Å². The van der Waals surface area contributed by atoms with E-state index in [9.17, 15) is 14.4 Å². The maximum atomic E-state index is 12.4. The Kier molecular flexibility index (Phi) is 3.75. The summed E-state index contributed by atoms with van der Waals surface area (Å²) in [5.41, 5.74) is 1.81. The fourth-order valence-corrected chi connectivity index (χ4v) is 2.90. The second kappa shape index (κ2) is 5.63. The highest BCUT2D eigenvalue weighted by atomic mass is 16.2. The molecule has 0 aliphatic carbocycles. The molecule has 0 N–H and O–H groups in total. The Labute approximate surface area is 139 Å². The van der Waals surface area contributed by atoms with Crippen LogP contribution in [0.25, 0.3) is 17.0 Å². The molecule has 124 valence electrons. The smallest absolute Gasteiger partial charge is 0.333 e. The molecule has 1 fully saturated rings. The lowest BCUT2D eigenvalue weighted by atomic mass is 10.1. The molecule has 1 aliphatic rings. The Hall–Kier alpha value is -2.89. The molecule has 24 heavy (non-hydrogen) atoms. The third-order valence-electron chi connectivity index (χ3n) is 4.27. The number of rotatable bonds is 2. The van der Waals surface area contributed by atoms with Crippen molar-refractivity contribution in [3.05, 3.63) is 41.6 Å². The molecule has 0 spiro atoms. The lowest BCUT2D eigenvalue weighted by molar-refractivity contribution is -0.134. The van der Waals surface area contributed by atoms with Crippen molar-refractivity contribution in [1.29, 1.82) is 0 Å². The van der Waals surface area contributed by atoms with Gasteiger partial charge in [-0.15, -0.1) is 0 Å². The van der Waals surface area contributed by atoms with Gasteiger partial charge in [-0.1, -0.05) is 18.2 Å². The standard InChI is InChI=1S/C18H19N3O3/c1-11(2)21-10-12(13-7-5-6-8-15(13)21)9-14-16(22)19(3)18(24)20(4)17(14)23/h5-11H,1-4H3. The van der Waals surface area contributed by atoms with Crippen molar-refractivity contribution >= 4 is 34.8 Å². The summed E-state index contributed by atoms with van der Waals surface area (Å²) < 4.78 is 2.10. The summed E-state index contributed by atoms with van der Waals surface area (Å²) in [6.07, 6.45) is 3.50. The van der Waals surface area contributed by atoms with Crippen molar-refractivity contribution in [2.24, 2.45) is 0 Å². The first-order chi connectivity index (χ1) is 11.3. The number of benzene rings is 1. The van der Waals surface area contributed by atoms with Crippen LogP contribution in [0, 0.1) is 0 Å². The number of hydrogen-bond acceptors (Lipinski definition) is 3. The number of amides is 4. The molecule has 3 rings (SSSR count). The fourth-order valence-electron chi connectivity index (χ4n) is 2.90. The van der Waals surface area contributed by atoms with Crippen molar-refractivity contribution in [3.63, 3.8) is 0 Å². The minimum Gasteiger partial charge on any atom is -0.344 e. The van der Waals surface area contributed by atoms with E-state index in [0.29, 0.717) is 0 Å². The van der Waals surface area contributed by atoms with E-state index in [1.54, 1.807) is 6.08 Å². The molecule has 1 aromatic carbocycles. The van der Waals surface area contributed by atoms with Crippen LogP contribution in [-0.2, 0) is 9.59 Å². The number of likely N-dealkylation sites (N-methyl/N-ethyl adjacent to an activating group) is 2. The molecule has 0 atom stereocenters. The van der Waals surface area contributed by atoms with Crippen LogP contribution in [0.5, 0.6) is 0 Å². The topological polar surface area (TPSA) is 62.6 Å². The summed E-state index contributed by atoms with van der Waals surface area (Å²) in [5.74, 6) is -1.16. The van der Waals surface area contributed by atoms with Crippen molar-refractivity contribution in [1.82, 2.24) is 14.4 Å². The van der Waals surface area contributed by atoms with Gasteiger partial charge in [0.05, 0.1) is 0 Å². The van der Waals surface area contributed by atoms with Crippen LogP contribution < -0.4 is 0 Å². The van der Waals surface area contributed by atoms with E-state index < -0.39 is 17.8 Å². The summed E-state index contributed by atoms with van der Waals surface area (Å²) in [7, 11) is 2.75. The predicted octanol–water partition coefficient (Wildman–Crippen LogP) is 2.66. The van der Waals surface area contributed by atoms with Crippen molar-refractivity contribution in [2.75, 3.05) is 14.1 Å². The number of hydrogen-bond donors (Lipinski definition) is 0. The molecular formula is C18H19N3O3. The first-order valence-electron chi connectivity index (χ1n) is 7.74. The highest BCUT2D eigenvalue weighted by molar-refractivity contribution is 6.31. The van der Waals surface area contributed by atoms with Gasteiger partial charge in [-0.2, -0.15) is 0 Å². The summed E-state index contributed by atoms with van der Waals surface area (Å²) >= 11 is 0. The molecule has 2 aromatic rings. The number of urea groups is 1. The Morgan fingerprint density at radius 3 is 2.12 bits per heavy atom. The van der Waals surface area contributed by atoms with Crippen LogP contribution in [-0.4, -0.2) is 46.3 Å². The van der Waals surface area contributed by atoms with Crippen molar-refractivity contribution in [2.45, 2.75) is 19.9 Å². The van der Waals surface area contributed by atoms with Gasteiger partial charge in [-0.05, 0) is 26.0 Å². The van der Waals surface area contributed by atoms with Gasteiger partial charge in [0.2, 0.25) is 0 Å². The lowest BCUT2D eigenvalue weighted by Crippen LogP contribution is -2.52. The van der Waals surface area contributed by atoms with Gasteiger partial charge in [0.25, 0.3) is 11.8 Å². The molecule has 0 unspecified atom stereocenters. The maximum absolute atomic E-state index is 12.4. The Morgan fingerprint density at radius 2 is 1.54 bits per heavy atom. The van der Waals surface area contributed by atoms with Gasteiger partial charge in [-0.25, -0.2) is 4.79 Å². The second-order valence-electron chi connectivity index (χ2n) is 6.17. The Morgan fingerprint density at radius 1 is 0.958 bits per heavy atom. The first kappa shape index (κ1) is 16.0. The number of carbonyl (C=O) groups excluding carboxylic acids is 3. The van der Waals surface area contributed by atoms with Crippen LogP contribution in [0.3, 0.4) is 0 Å². The van der Waals surface area contributed by atoms with Crippen LogP contribution >= 0.6 is 0 Å². The van der Waals surface area contributed by atoms with E-state index >= 15 is 0 Å². The molecule has 6 heteroatoms. The normalized spacial score (nSPS) is 15.9. The molecule has 1 aromatic heterocycles. The van der Waals surface area contributed by atoms with Gasteiger partial charge in [-0.3, -0.25) is 19.4 Å². The number of imide groups is 2. The zero-order valence-corrected chi connectivity index (χ0v) is 14.1. The average Bonchev–Trinajstić information content (AvgIpc) is 2.94. The summed E-state index contributed by atoms with van der Waals surface area (Å²) in [4.78, 5) is 38.4. The van der Waals surface area contributed by atoms with E-state index in [4.69, 9.17) is 0 Å². The van der Waals surface area contributed by atoms with Crippen LogP contribution in [0.15, 0.2) is 36.0 Å². The fraction of sp³-hybridized carbons (Fsp3) is 0.278. The molecule has 6 nitrogen and oxygen atoms in total. The number of barbiturate groups is 1. The number of carbonyl (C=O) groups is 3. The van der Waals surface area contributed by atoms with E-state index in [-0.39, 0.29) is 11.6 Å². The number of fused-ring (bicyclic) bond motifs is 1. The van der Waals surface area contributed by atoms with E-state index in [1.807, 2.05) is 30.5 Å².